The van der Waals surface area contributed by atoms with E-state index in [2.05, 4.69) is 22.3 Å². The van der Waals surface area contributed by atoms with Gasteiger partial charge in [-0.25, -0.2) is 0 Å². The quantitative estimate of drug-likeness (QED) is 0.898. The van der Waals surface area contributed by atoms with Crippen molar-refractivity contribution in [3.63, 3.8) is 0 Å². The van der Waals surface area contributed by atoms with Gasteiger partial charge in [-0.2, -0.15) is 0 Å². The van der Waals surface area contributed by atoms with Crippen molar-refractivity contribution in [1.82, 2.24) is 10.2 Å². The average molecular weight is 330 g/mol. The van der Waals surface area contributed by atoms with Gasteiger partial charge in [0.1, 0.15) is 6.04 Å². The number of ether oxygens (including phenoxy) is 2. The van der Waals surface area contributed by atoms with Gasteiger partial charge >= 0.3 is 0 Å². The molecule has 5 heteroatoms. The minimum atomic E-state index is -0.212. The molecule has 2 aliphatic heterocycles. The summed E-state index contributed by atoms with van der Waals surface area (Å²) in [5.74, 6) is 0.485. The van der Waals surface area contributed by atoms with Crippen LogP contribution in [0.1, 0.15) is 37.3 Å². The van der Waals surface area contributed by atoms with Gasteiger partial charge < -0.3 is 14.8 Å². The number of carbonyl (C=O) groups is 1. The van der Waals surface area contributed by atoms with Gasteiger partial charge in [-0.05, 0) is 37.8 Å². The molecule has 4 rings (SSSR count). The Morgan fingerprint density at radius 3 is 2.58 bits per heavy atom. The number of hydrogen-bond acceptors (Lipinski definition) is 4. The van der Waals surface area contributed by atoms with E-state index in [1.807, 2.05) is 18.2 Å². The van der Waals surface area contributed by atoms with Crippen LogP contribution in [0, 0.1) is 5.92 Å². The van der Waals surface area contributed by atoms with Crippen molar-refractivity contribution in [3.8, 4) is 0 Å². The van der Waals surface area contributed by atoms with E-state index >= 15 is 0 Å². The molecule has 1 saturated carbocycles. The first-order chi connectivity index (χ1) is 11.8. The Bertz CT molecular complexity index is 555. The van der Waals surface area contributed by atoms with Gasteiger partial charge in [0, 0.05) is 18.5 Å². The highest BCUT2D eigenvalue weighted by Crippen LogP contribution is 2.31. The van der Waals surface area contributed by atoms with Crippen molar-refractivity contribution in [2.45, 2.75) is 44.1 Å². The van der Waals surface area contributed by atoms with Crippen LogP contribution in [0.4, 0.5) is 0 Å². The first kappa shape index (κ1) is 16.1. The molecule has 1 N–H and O–H groups in total. The highest BCUT2D eigenvalue weighted by Gasteiger charge is 2.37. The van der Waals surface area contributed by atoms with Gasteiger partial charge in [-0.15, -0.1) is 0 Å². The monoisotopic (exact) mass is 330 g/mol. The Hall–Kier alpha value is -1.43. The predicted octanol–water partition coefficient (Wildman–Crippen LogP) is 2.09. The van der Waals surface area contributed by atoms with Crippen LogP contribution in [0.25, 0.3) is 0 Å². The zero-order chi connectivity index (χ0) is 16.4. The lowest BCUT2D eigenvalue weighted by Gasteiger charge is -2.39. The first-order valence-corrected chi connectivity index (χ1v) is 9.14. The third-order valence-electron chi connectivity index (χ3n) is 5.17. The maximum Gasteiger partial charge on any atom is 0.242 e. The Morgan fingerprint density at radius 1 is 1.12 bits per heavy atom. The Kier molecular flexibility index (Phi) is 4.83. The molecule has 0 unspecified atom stereocenters. The fraction of sp³-hybridized carbons (Fsp3) is 0.632. The normalized spacial score (nSPS) is 27.1. The van der Waals surface area contributed by atoms with Crippen molar-refractivity contribution in [3.05, 3.63) is 35.9 Å². The Labute approximate surface area is 143 Å². The van der Waals surface area contributed by atoms with Gasteiger partial charge in [0.05, 0.1) is 13.2 Å². The molecule has 1 aliphatic carbocycles. The molecule has 1 aromatic rings. The number of carbonyl (C=O) groups excluding carboxylic acids is 1. The molecule has 130 valence electrons. The van der Waals surface area contributed by atoms with Crippen molar-refractivity contribution in [2.24, 2.45) is 5.92 Å². The number of rotatable bonds is 5. The summed E-state index contributed by atoms with van der Waals surface area (Å²) in [6.45, 7) is 3.17. The van der Waals surface area contributed by atoms with Crippen LogP contribution in [0.3, 0.4) is 0 Å². The molecule has 0 bridgehead atoms. The van der Waals surface area contributed by atoms with Crippen LogP contribution >= 0.6 is 0 Å². The minimum Gasteiger partial charge on any atom is -0.352 e. The smallest absolute Gasteiger partial charge is 0.242 e. The van der Waals surface area contributed by atoms with Gasteiger partial charge in [0.15, 0.2) is 6.29 Å². The largest absolute Gasteiger partial charge is 0.352 e. The molecule has 3 fully saturated rings. The summed E-state index contributed by atoms with van der Waals surface area (Å²) < 4.78 is 11.4. The molecule has 0 spiro atoms. The summed E-state index contributed by atoms with van der Waals surface area (Å²) in [5, 5.41) is 3.19. The van der Waals surface area contributed by atoms with E-state index in [1.54, 1.807) is 0 Å². The lowest BCUT2D eigenvalue weighted by atomic mass is 9.94. The molecule has 2 heterocycles. The molecule has 5 nitrogen and oxygen atoms in total. The number of benzene rings is 1. The van der Waals surface area contributed by atoms with Crippen LogP contribution in [0.15, 0.2) is 30.3 Å². The fourth-order valence-electron chi connectivity index (χ4n) is 3.82. The van der Waals surface area contributed by atoms with Crippen molar-refractivity contribution < 1.29 is 14.3 Å². The molecule has 2 atom stereocenters. The average Bonchev–Trinajstić information content (AvgIpc) is 3.25. The first-order valence-electron chi connectivity index (χ1n) is 9.14. The van der Waals surface area contributed by atoms with E-state index in [9.17, 15) is 4.79 Å². The van der Waals surface area contributed by atoms with E-state index < -0.39 is 0 Å². The Morgan fingerprint density at radius 2 is 1.88 bits per heavy atom. The summed E-state index contributed by atoms with van der Waals surface area (Å²) in [7, 11) is 0. The van der Waals surface area contributed by atoms with Crippen LogP contribution in [-0.2, 0) is 14.3 Å². The van der Waals surface area contributed by atoms with Gasteiger partial charge in [-0.1, -0.05) is 30.3 Å². The maximum atomic E-state index is 12.9. The summed E-state index contributed by atoms with van der Waals surface area (Å²) in [6.07, 6.45) is 4.30. The van der Waals surface area contributed by atoms with Crippen LogP contribution in [-0.4, -0.2) is 49.4 Å². The molecule has 1 amide bonds. The van der Waals surface area contributed by atoms with Crippen LogP contribution < -0.4 is 5.32 Å². The van der Waals surface area contributed by atoms with Gasteiger partial charge in [-0.3, -0.25) is 9.69 Å². The lowest BCUT2D eigenvalue weighted by molar-refractivity contribution is -0.132. The van der Waals surface area contributed by atoms with E-state index in [1.165, 1.54) is 0 Å². The highest BCUT2D eigenvalue weighted by atomic mass is 16.7. The van der Waals surface area contributed by atoms with Crippen molar-refractivity contribution in [1.29, 1.82) is 0 Å². The van der Waals surface area contributed by atoms with Crippen LogP contribution in [0.5, 0.6) is 0 Å². The Balaban J connectivity index is 1.51. The fourth-order valence-corrected chi connectivity index (χ4v) is 3.82. The van der Waals surface area contributed by atoms with E-state index in [0.717, 1.165) is 44.3 Å². The van der Waals surface area contributed by atoms with Crippen LogP contribution in [0.2, 0.25) is 0 Å². The number of hydrogen-bond donors (Lipinski definition) is 1. The number of likely N-dealkylation sites (tertiary alicyclic amines) is 1. The SMILES string of the molecule is O=C(NC1CC1)[C@@H](c1ccccc1)N1CCC[C@@H](C2OCCO2)C1. The molecular weight excluding hydrogens is 304 g/mol. The molecule has 1 aromatic carbocycles. The molecule has 3 aliphatic rings. The number of nitrogens with one attached hydrogen (secondary N) is 1. The third kappa shape index (κ3) is 3.63. The van der Waals surface area contributed by atoms with Crippen molar-refractivity contribution >= 4 is 5.91 Å². The van der Waals surface area contributed by atoms with E-state index in [-0.39, 0.29) is 18.2 Å². The molecule has 0 aromatic heterocycles. The molecular formula is C19H26N2O3. The number of piperidine rings is 1. The zero-order valence-corrected chi connectivity index (χ0v) is 14.0. The second-order valence-corrected chi connectivity index (χ2v) is 7.10. The third-order valence-corrected chi connectivity index (χ3v) is 5.17. The number of nitrogens with zero attached hydrogens (tertiary/aromatic N) is 1. The summed E-state index contributed by atoms with van der Waals surface area (Å²) in [6, 6.07) is 10.3. The highest BCUT2D eigenvalue weighted by molar-refractivity contribution is 5.83. The van der Waals surface area contributed by atoms with E-state index in [0.29, 0.717) is 25.2 Å². The summed E-state index contributed by atoms with van der Waals surface area (Å²) in [5.41, 5.74) is 1.07. The second-order valence-electron chi connectivity index (χ2n) is 7.10. The molecule has 2 saturated heterocycles. The van der Waals surface area contributed by atoms with Gasteiger partial charge in [0.25, 0.3) is 0 Å². The second kappa shape index (κ2) is 7.21. The molecule has 0 radical (unpaired) electrons. The number of amides is 1. The summed E-state index contributed by atoms with van der Waals surface area (Å²) in [4.78, 5) is 15.2. The minimum absolute atomic E-state index is 0.101. The van der Waals surface area contributed by atoms with Gasteiger partial charge in [0.2, 0.25) is 5.91 Å². The maximum absolute atomic E-state index is 12.9. The topological polar surface area (TPSA) is 50.8 Å². The molecule has 24 heavy (non-hydrogen) atoms. The standard InChI is InChI=1S/C19H26N2O3/c22-18(20-16-8-9-16)17(14-5-2-1-3-6-14)21-10-4-7-15(13-21)19-23-11-12-24-19/h1-3,5-6,15-17,19H,4,7-13H2,(H,20,22)/t15-,17-/m1/s1. The lowest BCUT2D eigenvalue weighted by Crippen LogP contribution is -2.47. The predicted molar refractivity (Wildman–Crippen MR) is 90.3 cm³/mol. The van der Waals surface area contributed by atoms with E-state index in [4.69, 9.17) is 9.47 Å². The zero-order valence-electron chi connectivity index (χ0n) is 14.0. The summed E-state index contributed by atoms with van der Waals surface area (Å²) >= 11 is 0. The van der Waals surface area contributed by atoms with Crippen molar-refractivity contribution in [2.75, 3.05) is 26.3 Å².